The van der Waals surface area contributed by atoms with Crippen LogP contribution in [0.5, 0.6) is 11.8 Å². The largest absolute Gasteiger partial charge is 0.508 e. The van der Waals surface area contributed by atoms with E-state index in [2.05, 4.69) is 15.9 Å². The molecule has 0 amide bonds. The van der Waals surface area contributed by atoms with E-state index < -0.39 is 11.6 Å². The first-order chi connectivity index (χ1) is 16.4. The van der Waals surface area contributed by atoms with Crippen LogP contribution < -0.4 is 9.64 Å². The van der Waals surface area contributed by atoms with Crippen LogP contribution in [0.25, 0.3) is 32.8 Å². The van der Waals surface area contributed by atoms with Crippen molar-refractivity contribution >= 4 is 27.5 Å². The molecule has 0 saturated carbocycles. The number of phenols is 1. The summed E-state index contributed by atoms with van der Waals surface area (Å²) in [5, 5.41) is 21.4. The molecule has 0 bridgehead atoms. The van der Waals surface area contributed by atoms with Gasteiger partial charge in [0.1, 0.15) is 22.9 Å². The Morgan fingerprint density at radius 2 is 1.85 bits per heavy atom. The number of anilines is 1. The van der Waals surface area contributed by atoms with E-state index in [1.165, 1.54) is 31.4 Å². The molecule has 0 atom stereocenters. The number of aliphatic hydroxyl groups excluding tert-OH is 1. The van der Waals surface area contributed by atoms with Crippen LogP contribution in [0, 0.1) is 24.0 Å². The second-order valence-corrected chi connectivity index (χ2v) is 8.23. The zero-order chi connectivity index (χ0) is 24.0. The zero-order valence-corrected chi connectivity index (χ0v) is 18.3. The van der Waals surface area contributed by atoms with Gasteiger partial charge in [-0.05, 0) is 48.1 Å². The van der Waals surface area contributed by atoms with Gasteiger partial charge in [-0.1, -0.05) is 18.1 Å². The lowest BCUT2D eigenvalue weighted by molar-refractivity contribution is 0.145. The Hall–Kier alpha value is -3.96. The van der Waals surface area contributed by atoms with Crippen molar-refractivity contribution in [1.29, 1.82) is 0 Å². The van der Waals surface area contributed by atoms with Crippen LogP contribution in [-0.4, -0.2) is 46.5 Å². The van der Waals surface area contributed by atoms with Crippen molar-refractivity contribution in [3.8, 4) is 35.2 Å². The fourth-order valence-corrected chi connectivity index (χ4v) is 4.52. The lowest BCUT2D eigenvalue weighted by Gasteiger charge is -2.31. The number of rotatable bonds is 3. The number of ether oxygens (including phenoxy) is 1. The topological polar surface area (TPSA) is 78.7 Å². The summed E-state index contributed by atoms with van der Waals surface area (Å²) >= 11 is 0. The molecule has 0 radical (unpaired) electrons. The molecule has 2 N–H and O–H groups in total. The lowest BCUT2D eigenvalue weighted by Crippen LogP contribution is -2.36. The highest BCUT2D eigenvalue weighted by atomic mass is 19.1. The van der Waals surface area contributed by atoms with E-state index in [-0.39, 0.29) is 40.1 Å². The molecule has 1 aliphatic heterocycles. The van der Waals surface area contributed by atoms with Crippen molar-refractivity contribution in [3.05, 3.63) is 53.6 Å². The van der Waals surface area contributed by atoms with Crippen molar-refractivity contribution in [3.63, 3.8) is 0 Å². The Labute approximate surface area is 194 Å². The van der Waals surface area contributed by atoms with E-state index in [0.717, 1.165) is 0 Å². The van der Waals surface area contributed by atoms with Crippen LogP contribution in [0.15, 0.2) is 36.4 Å². The predicted molar refractivity (Wildman–Crippen MR) is 126 cm³/mol. The van der Waals surface area contributed by atoms with E-state index in [1.54, 1.807) is 12.1 Å². The number of hydrogen-bond acceptors (Lipinski definition) is 6. The molecule has 3 aromatic carbocycles. The minimum Gasteiger partial charge on any atom is -0.508 e. The summed E-state index contributed by atoms with van der Waals surface area (Å²) in [6.45, 7) is 1.11. The molecule has 4 aromatic rings. The molecule has 5 rings (SSSR count). The molecule has 1 saturated heterocycles. The van der Waals surface area contributed by atoms with Crippen LogP contribution in [0.1, 0.15) is 18.4 Å². The van der Waals surface area contributed by atoms with Gasteiger partial charge in [-0.2, -0.15) is 9.97 Å². The van der Waals surface area contributed by atoms with Crippen LogP contribution in [0.3, 0.4) is 0 Å². The van der Waals surface area contributed by atoms with Gasteiger partial charge in [-0.25, -0.2) is 8.78 Å². The van der Waals surface area contributed by atoms with Crippen molar-refractivity contribution in [1.82, 2.24) is 9.97 Å². The van der Waals surface area contributed by atoms with Crippen LogP contribution in [0.2, 0.25) is 0 Å². The molecular formula is C26H21F2N3O3. The average molecular weight is 461 g/mol. The average Bonchev–Trinajstić information content (AvgIpc) is 2.84. The van der Waals surface area contributed by atoms with Crippen LogP contribution >= 0.6 is 0 Å². The first-order valence-electron chi connectivity index (χ1n) is 10.8. The molecule has 8 heteroatoms. The van der Waals surface area contributed by atoms with Gasteiger partial charge in [0, 0.05) is 29.4 Å². The second-order valence-electron chi connectivity index (χ2n) is 8.23. The number of terminal acetylenes is 1. The van der Waals surface area contributed by atoms with Crippen molar-refractivity contribution in [2.24, 2.45) is 0 Å². The Kier molecular flexibility index (Phi) is 5.42. The second kappa shape index (κ2) is 8.43. The Morgan fingerprint density at radius 3 is 2.56 bits per heavy atom. The number of aromatic nitrogens is 2. The van der Waals surface area contributed by atoms with Gasteiger partial charge in [0.15, 0.2) is 5.82 Å². The Bertz CT molecular complexity index is 1470. The third-order valence-electron chi connectivity index (χ3n) is 6.20. The summed E-state index contributed by atoms with van der Waals surface area (Å²) in [5.74, 6) is 1.47. The SMILES string of the molecule is C#Cc1c(F)ccc2cc(O)cc(-c3ccc4c(N5CCC(O)CC5)nc(OC)nc4c3F)c12. The van der Waals surface area contributed by atoms with E-state index in [1.807, 2.05) is 4.90 Å². The highest BCUT2D eigenvalue weighted by molar-refractivity contribution is 6.04. The molecule has 1 aliphatic rings. The number of halogens is 2. The molecular weight excluding hydrogens is 440 g/mol. The van der Waals surface area contributed by atoms with Gasteiger partial charge in [0.25, 0.3) is 0 Å². The van der Waals surface area contributed by atoms with Crippen LogP contribution in [0.4, 0.5) is 14.6 Å². The van der Waals surface area contributed by atoms with E-state index in [9.17, 15) is 14.6 Å². The quantitative estimate of drug-likeness (QED) is 0.441. The fraction of sp³-hybridized carbons (Fsp3) is 0.231. The Balaban J connectivity index is 1.78. The summed E-state index contributed by atoms with van der Waals surface area (Å²) in [6, 6.07) is 8.76. The van der Waals surface area contributed by atoms with Crippen molar-refractivity contribution in [2.75, 3.05) is 25.1 Å². The number of benzene rings is 3. The molecule has 1 aromatic heterocycles. The predicted octanol–water partition coefficient (Wildman–Crippen LogP) is 4.38. The molecule has 1 fully saturated rings. The standard InChI is InChI=1S/C26H21F2N3O3/c1-3-17-21(27)7-4-14-12-16(33)13-20(22(14)17)18-5-6-19-24(23(18)28)29-26(34-2)30-25(19)31-10-8-15(32)9-11-31/h1,4-7,12-13,15,32-33H,8-11H2,2H3. The molecule has 2 heterocycles. The van der Waals surface area contributed by atoms with Crippen molar-refractivity contribution < 1.29 is 23.7 Å². The number of aromatic hydroxyl groups is 1. The van der Waals surface area contributed by atoms with Crippen molar-refractivity contribution in [2.45, 2.75) is 18.9 Å². The van der Waals surface area contributed by atoms with Gasteiger partial charge >= 0.3 is 6.01 Å². The first-order valence-corrected chi connectivity index (χ1v) is 10.8. The summed E-state index contributed by atoms with van der Waals surface area (Å²) in [6.07, 6.45) is 6.35. The van der Waals surface area contributed by atoms with Gasteiger partial charge in [-0.15, -0.1) is 6.42 Å². The van der Waals surface area contributed by atoms with Gasteiger partial charge in [0.05, 0.1) is 18.8 Å². The van der Waals surface area contributed by atoms with Gasteiger partial charge < -0.3 is 19.8 Å². The monoisotopic (exact) mass is 461 g/mol. The minimum atomic E-state index is -0.671. The summed E-state index contributed by atoms with van der Waals surface area (Å²) in [5.41, 5.74) is 0.374. The van der Waals surface area contributed by atoms with Gasteiger partial charge in [0.2, 0.25) is 0 Å². The summed E-state index contributed by atoms with van der Waals surface area (Å²) < 4.78 is 35.8. The number of nitrogens with zero attached hydrogens (tertiary/aromatic N) is 3. The molecule has 0 unspecified atom stereocenters. The molecule has 172 valence electrons. The maximum absolute atomic E-state index is 16.0. The number of methoxy groups -OCH3 is 1. The lowest BCUT2D eigenvalue weighted by atomic mass is 9.93. The smallest absolute Gasteiger partial charge is 0.318 e. The fourth-order valence-electron chi connectivity index (χ4n) is 4.52. The molecule has 34 heavy (non-hydrogen) atoms. The molecule has 6 nitrogen and oxygen atoms in total. The highest BCUT2D eigenvalue weighted by Crippen LogP contribution is 2.40. The number of aliphatic hydroxyl groups is 1. The van der Waals surface area contributed by atoms with Gasteiger partial charge in [-0.3, -0.25) is 0 Å². The highest BCUT2D eigenvalue weighted by Gasteiger charge is 2.24. The number of piperidine rings is 1. The number of phenolic OH excluding ortho intramolecular Hbond substituents is 1. The van der Waals surface area contributed by atoms with E-state index in [0.29, 0.717) is 47.9 Å². The van der Waals surface area contributed by atoms with E-state index >= 15 is 4.39 Å². The zero-order valence-electron chi connectivity index (χ0n) is 18.3. The molecule has 0 aliphatic carbocycles. The third kappa shape index (κ3) is 3.55. The summed E-state index contributed by atoms with van der Waals surface area (Å²) in [7, 11) is 1.40. The number of hydrogen-bond donors (Lipinski definition) is 2. The van der Waals surface area contributed by atoms with Crippen LogP contribution in [-0.2, 0) is 0 Å². The number of fused-ring (bicyclic) bond motifs is 2. The molecule has 0 spiro atoms. The third-order valence-corrected chi connectivity index (χ3v) is 6.20. The minimum absolute atomic E-state index is 0.000738. The maximum Gasteiger partial charge on any atom is 0.318 e. The van der Waals surface area contributed by atoms with E-state index in [4.69, 9.17) is 11.2 Å². The Morgan fingerprint density at radius 1 is 1.09 bits per heavy atom. The normalized spacial score (nSPS) is 14.5. The maximum atomic E-state index is 16.0. The first kappa shape index (κ1) is 21.9. The summed E-state index contributed by atoms with van der Waals surface area (Å²) in [4.78, 5) is 10.7.